The Bertz CT molecular complexity index is 1630. The van der Waals surface area contributed by atoms with E-state index in [0.717, 1.165) is 19.3 Å². The SMILES string of the molecule is CCCC(CC(CC(CC(CC(CC)c1ccc(C)cc1)c1ccccc1)c1ccc(C)cc1)c1ccc(C)cc1)c1ccc(C)cc1. The van der Waals surface area contributed by atoms with Crippen molar-refractivity contribution in [3.63, 3.8) is 0 Å². The van der Waals surface area contributed by atoms with E-state index in [4.69, 9.17) is 0 Å². The van der Waals surface area contributed by atoms with Crippen LogP contribution in [-0.2, 0) is 0 Å². The molecule has 0 saturated carbocycles. The van der Waals surface area contributed by atoms with Gasteiger partial charge in [-0.3, -0.25) is 0 Å². The van der Waals surface area contributed by atoms with Crippen LogP contribution in [-0.4, -0.2) is 0 Å². The van der Waals surface area contributed by atoms with Crippen LogP contribution in [0.5, 0.6) is 0 Å². The minimum absolute atomic E-state index is 0.456. The Morgan fingerprint density at radius 3 is 0.979 bits per heavy atom. The van der Waals surface area contributed by atoms with E-state index in [9.17, 15) is 0 Å². The van der Waals surface area contributed by atoms with Gasteiger partial charge in [0.15, 0.2) is 0 Å². The molecule has 5 aromatic carbocycles. The summed E-state index contributed by atoms with van der Waals surface area (Å²) in [7, 11) is 0. The Labute approximate surface area is 292 Å². The molecule has 0 heterocycles. The van der Waals surface area contributed by atoms with E-state index in [0.29, 0.717) is 29.6 Å². The Balaban J connectivity index is 1.52. The topological polar surface area (TPSA) is 0 Å². The second-order valence-corrected chi connectivity index (χ2v) is 14.7. The third-order valence-electron chi connectivity index (χ3n) is 10.9. The van der Waals surface area contributed by atoms with Crippen molar-refractivity contribution < 1.29 is 0 Å². The second kappa shape index (κ2) is 17.5. The maximum absolute atomic E-state index is 2.43. The molecular weight excluding hydrogens is 577 g/mol. The minimum atomic E-state index is 0.456. The molecule has 0 bridgehead atoms. The molecule has 5 unspecified atom stereocenters. The zero-order valence-electron chi connectivity index (χ0n) is 30.5. The number of hydrogen-bond donors (Lipinski definition) is 0. The van der Waals surface area contributed by atoms with Gasteiger partial charge in [0.25, 0.3) is 0 Å². The van der Waals surface area contributed by atoms with Gasteiger partial charge in [-0.2, -0.15) is 0 Å². The highest BCUT2D eigenvalue weighted by molar-refractivity contribution is 5.32. The van der Waals surface area contributed by atoms with Crippen LogP contribution in [0.4, 0.5) is 0 Å². The van der Waals surface area contributed by atoms with E-state index in [1.54, 1.807) is 0 Å². The maximum Gasteiger partial charge on any atom is -0.0150 e. The highest BCUT2D eigenvalue weighted by Crippen LogP contribution is 2.45. The van der Waals surface area contributed by atoms with Gasteiger partial charge in [-0.15, -0.1) is 0 Å². The fourth-order valence-electron chi connectivity index (χ4n) is 7.87. The van der Waals surface area contributed by atoms with Gasteiger partial charge in [0.1, 0.15) is 0 Å². The number of aryl methyl sites for hydroxylation is 4. The van der Waals surface area contributed by atoms with Crippen molar-refractivity contribution in [3.8, 4) is 0 Å². The summed E-state index contributed by atoms with van der Waals surface area (Å²) in [6.07, 6.45) is 8.24. The fourth-order valence-corrected chi connectivity index (χ4v) is 7.87. The Morgan fingerprint density at radius 2 is 0.625 bits per heavy atom. The first-order chi connectivity index (χ1) is 23.3. The highest BCUT2D eigenvalue weighted by Gasteiger charge is 2.28. The molecule has 0 aliphatic heterocycles. The summed E-state index contributed by atoms with van der Waals surface area (Å²) in [6, 6.07) is 49.1. The van der Waals surface area contributed by atoms with Crippen molar-refractivity contribution in [2.75, 3.05) is 0 Å². The lowest BCUT2D eigenvalue weighted by Crippen LogP contribution is -2.15. The van der Waals surface area contributed by atoms with E-state index < -0.39 is 0 Å². The van der Waals surface area contributed by atoms with E-state index in [-0.39, 0.29) is 0 Å². The van der Waals surface area contributed by atoms with Crippen LogP contribution in [0.15, 0.2) is 127 Å². The van der Waals surface area contributed by atoms with E-state index in [1.165, 1.54) is 75.8 Å². The van der Waals surface area contributed by atoms with E-state index >= 15 is 0 Å². The second-order valence-electron chi connectivity index (χ2n) is 14.7. The van der Waals surface area contributed by atoms with Gasteiger partial charge in [-0.05, 0) is 124 Å². The lowest BCUT2D eigenvalue weighted by Gasteiger charge is -2.32. The van der Waals surface area contributed by atoms with Gasteiger partial charge in [-0.25, -0.2) is 0 Å². The Morgan fingerprint density at radius 1 is 0.333 bits per heavy atom. The molecule has 0 nitrogen and oxygen atoms in total. The van der Waals surface area contributed by atoms with Crippen LogP contribution in [0.3, 0.4) is 0 Å². The van der Waals surface area contributed by atoms with Gasteiger partial charge >= 0.3 is 0 Å². The average Bonchev–Trinajstić information content (AvgIpc) is 3.11. The largest absolute Gasteiger partial charge is 0.0654 e. The third kappa shape index (κ3) is 9.82. The molecule has 5 rings (SSSR count). The molecule has 0 N–H and O–H groups in total. The van der Waals surface area contributed by atoms with Gasteiger partial charge in [-0.1, -0.05) is 170 Å². The zero-order chi connectivity index (χ0) is 33.9. The minimum Gasteiger partial charge on any atom is -0.0654 e. The van der Waals surface area contributed by atoms with Crippen LogP contribution in [0.1, 0.15) is 138 Å². The molecule has 0 fully saturated rings. The Hall–Kier alpha value is -3.90. The number of benzene rings is 5. The van der Waals surface area contributed by atoms with Gasteiger partial charge in [0, 0.05) is 0 Å². The molecule has 0 aliphatic rings. The van der Waals surface area contributed by atoms with Gasteiger partial charge in [0.05, 0.1) is 0 Å². The van der Waals surface area contributed by atoms with E-state index in [2.05, 4.69) is 169 Å². The molecule has 5 atom stereocenters. The summed E-state index contributed by atoms with van der Waals surface area (Å²) in [5, 5.41) is 0. The molecule has 0 radical (unpaired) electrons. The van der Waals surface area contributed by atoms with Crippen LogP contribution in [0.2, 0.25) is 0 Å². The first-order valence-corrected chi connectivity index (χ1v) is 18.6. The van der Waals surface area contributed by atoms with Crippen LogP contribution in [0, 0.1) is 27.7 Å². The molecule has 250 valence electrons. The van der Waals surface area contributed by atoms with E-state index in [1.807, 2.05) is 0 Å². The predicted octanol–water partition coefficient (Wildman–Crippen LogP) is 13.9. The lowest BCUT2D eigenvalue weighted by molar-refractivity contribution is 0.397. The van der Waals surface area contributed by atoms with Crippen LogP contribution >= 0.6 is 0 Å². The molecule has 0 aliphatic carbocycles. The van der Waals surface area contributed by atoms with Crippen molar-refractivity contribution in [2.45, 2.75) is 116 Å². The standard InChI is InChI=1S/C48H58/c1-7-12-45(42-25-17-36(4)18-26-42)32-47(43-27-19-37(5)20-28-43)34-48(44-29-21-38(6)22-30-44)33-46(40-13-10-9-11-14-40)31-39(8-2)41-23-15-35(3)16-24-41/h9-11,13-30,39,45-48H,7-8,12,31-34H2,1-6H3. The summed E-state index contributed by atoms with van der Waals surface area (Å²) < 4.78 is 0. The van der Waals surface area contributed by atoms with Crippen LogP contribution < -0.4 is 0 Å². The summed E-state index contributed by atoms with van der Waals surface area (Å²) >= 11 is 0. The van der Waals surface area contributed by atoms with Crippen molar-refractivity contribution >= 4 is 0 Å². The average molecular weight is 635 g/mol. The first kappa shape index (κ1) is 35.4. The summed E-state index contributed by atoms with van der Waals surface area (Å²) in [5.41, 5.74) is 12.8. The smallest absolute Gasteiger partial charge is 0.0150 e. The van der Waals surface area contributed by atoms with Crippen molar-refractivity contribution in [1.82, 2.24) is 0 Å². The summed E-state index contributed by atoms with van der Waals surface area (Å²) in [5.74, 6) is 2.50. The van der Waals surface area contributed by atoms with Crippen LogP contribution in [0.25, 0.3) is 0 Å². The zero-order valence-corrected chi connectivity index (χ0v) is 30.5. The maximum atomic E-state index is 2.43. The summed E-state index contributed by atoms with van der Waals surface area (Å²) in [6.45, 7) is 13.5. The molecule has 0 spiro atoms. The molecule has 0 heteroatoms. The van der Waals surface area contributed by atoms with Crippen molar-refractivity contribution in [3.05, 3.63) is 177 Å². The summed E-state index contributed by atoms with van der Waals surface area (Å²) in [4.78, 5) is 0. The molecule has 0 amide bonds. The monoisotopic (exact) mass is 634 g/mol. The fraction of sp³-hybridized carbons (Fsp3) is 0.375. The van der Waals surface area contributed by atoms with Crippen molar-refractivity contribution in [1.29, 1.82) is 0 Å². The molecule has 48 heavy (non-hydrogen) atoms. The first-order valence-electron chi connectivity index (χ1n) is 18.6. The molecular formula is C48H58. The highest BCUT2D eigenvalue weighted by atomic mass is 14.3. The molecule has 5 aromatic rings. The number of rotatable bonds is 16. The molecule has 0 aromatic heterocycles. The third-order valence-corrected chi connectivity index (χ3v) is 10.9. The normalized spacial score (nSPS) is 14.6. The predicted molar refractivity (Wildman–Crippen MR) is 209 cm³/mol. The molecule has 0 saturated heterocycles. The lowest BCUT2D eigenvalue weighted by atomic mass is 9.72. The Kier molecular flexibility index (Phi) is 12.9. The van der Waals surface area contributed by atoms with Crippen molar-refractivity contribution in [2.24, 2.45) is 0 Å². The van der Waals surface area contributed by atoms with Gasteiger partial charge < -0.3 is 0 Å². The quantitative estimate of drug-likeness (QED) is 0.101. The number of hydrogen-bond acceptors (Lipinski definition) is 0. The van der Waals surface area contributed by atoms with Gasteiger partial charge in [0.2, 0.25) is 0 Å².